The van der Waals surface area contributed by atoms with E-state index in [1.807, 2.05) is 0 Å². The van der Waals surface area contributed by atoms with Gasteiger partial charge in [-0.15, -0.1) is 0 Å². The van der Waals surface area contributed by atoms with Crippen LogP contribution in [0.1, 0.15) is 19.3 Å². The second-order valence-corrected chi connectivity index (χ2v) is 5.55. The van der Waals surface area contributed by atoms with E-state index in [2.05, 4.69) is 0 Å². The summed E-state index contributed by atoms with van der Waals surface area (Å²) in [4.78, 5) is 23.3. The largest absolute Gasteiger partial charge is 0.465 e. The third-order valence-electron chi connectivity index (χ3n) is 3.51. The SMILES string of the molecule is O=C(O)N1CCC2(CC1)CC(=O)C2(Cl)Cl. The normalized spacial score (nSPS) is 27.6. The molecule has 15 heavy (non-hydrogen) atoms. The molecule has 1 amide bonds. The Labute approximate surface area is 97.1 Å². The zero-order chi connectivity index (χ0) is 11.3. The maximum absolute atomic E-state index is 11.2. The fourth-order valence-corrected chi connectivity index (χ4v) is 2.98. The third-order valence-corrected chi connectivity index (χ3v) is 4.73. The first kappa shape index (κ1) is 11.0. The molecule has 1 N–H and O–H groups in total. The van der Waals surface area contributed by atoms with Crippen molar-refractivity contribution < 1.29 is 14.7 Å². The summed E-state index contributed by atoms with van der Waals surface area (Å²) in [7, 11) is 0. The van der Waals surface area contributed by atoms with Crippen molar-refractivity contribution in [2.45, 2.75) is 23.6 Å². The Morgan fingerprint density at radius 1 is 1.33 bits per heavy atom. The Morgan fingerprint density at radius 3 is 2.20 bits per heavy atom. The van der Waals surface area contributed by atoms with Gasteiger partial charge in [0.2, 0.25) is 0 Å². The zero-order valence-corrected chi connectivity index (χ0v) is 9.51. The number of carbonyl (C=O) groups excluding carboxylic acids is 1. The van der Waals surface area contributed by atoms with E-state index in [-0.39, 0.29) is 11.2 Å². The van der Waals surface area contributed by atoms with Crippen molar-refractivity contribution in [3.05, 3.63) is 0 Å². The Morgan fingerprint density at radius 2 is 1.87 bits per heavy atom. The summed E-state index contributed by atoms with van der Waals surface area (Å²) in [5.41, 5.74) is -0.390. The van der Waals surface area contributed by atoms with Crippen molar-refractivity contribution in [3.8, 4) is 0 Å². The number of Topliss-reactive ketones (excluding diaryl/α,β-unsaturated/α-hetero) is 1. The Hall–Kier alpha value is -0.480. The van der Waals surface area contributed by atoms with Gasteiger partial charge in [0.25, 0.3) is 0 Å². The quantitative estimate of drug-likeness (QED) is 0.670. The van der Waals surface area contributed by atoms with Crippen molar-refractivity contribution >= 4 is 35.1 Å². The molecule has 0 bridgehead atoms. The Balaban J connectivity index is 2.05. The highest BCUT2D eigenvalue weighted by atomic mass is 35.5. The van der Waals surface area contributed by atoms with Crippen molar-refractivity contribution in [2.24, 2.45) is 5.41 Å². The summed E-state index contributed by atoms with van der Waals surface area (Å²) in [5, 5.41) is 8.77. The van der Waals surface area contributed by atoms with Gasteiger partial charge in [-0.1, -0.05) is 23.2 Å². The van der Waals surface area contributed by atoms with Gasteiger partial charge in [0.05, 0.1) is 0 Å². The topological polar surface area (TPSA) is 57.6 Å². The number of piperidine rings is 1. The number of likely N-dealkylation sites (tertiary alicyclic amines) is 1. The number of halogens is 2. The maximum Gasteiger partial charge on any atom is 0.407 e. The predicted octanol–water partition coefficient (Wildman–Crippen LogP) is 1.89. The number of rotatable bonds is 0. The molecule has 84 valence electrons. The van der Waals surface area contributed by atoms with Crippen LogP contribution in [-0.4, -0.2) is 39.3 Å². The first-order chi connectivity index (χ1) is 6.89. The molecule has 0 aromatic rings. The van der Waals surface area contributed by atoms with Crippen LogP contribution in [0, 0.1) is 5.41 Å². The maximum atomic E-state index is 11.2. The van der Waals surface area contributed by atoms with E-state index in [4.69, 9.17) is 28.3 Å². The standard InChI is InChI=1S/C9H11Cl2NO3/c10-9(11)6(13)5-8(9)1-3-12(4-2-8)7(14)15/h1-5H2,(H,14,15). The Bertz CT molecular complexity index is 321. The smallest absolute Gasteiger partial charge is 0.407 e. The van der Waals surface area contributed by atoms with Crippen LogP contribution < -0.4 is 0 Å². The monoisotopic (exact) mass is 251 g/mol. The van der Waals surface area contributed by atoms with Crippen molar-refractivity contribution in [2.75, 3.05) is 13.1 Å². The molecule has 0 radical (unpaired) electrons. The van der Waals surface area contributed by atoms with Gasteiger partial charge in [0.1, 0.15) is 0 Å². The second kappa shape index (κ2) is 3.25. The van der Waals surface area contributed by atoms with Crippen molar-refractivity contribution in [1.82, 2.24) is 4.90 Å². The van der Waals surface area contributed by atoms with Gasteiger partial charge in [-0.25, -0.2) is 4.79 Å². The number of ketones is 1. The molecule has 2 rings (SSSR count). The predicted molar refractivity (Wildman–Crippen MR) is 55.3 cm³/mol. The van der Waals surface area contributed by atoms with E-state index in [9.17, 15) is 9.59 Å². The van der Waals surface area contributed by atoms with Crippen LogP contribution in [0.4, 0.5) is 4.79 Å². The number of carboxylic acid groups (broad SMARTS) is 1. The van der Waals surface area contributed by atoms with Gasteiger partial charge in [-0.05, 0) is 12.8 Å². The van der Waals surface area contributed by atoms with E-state index in [1.165, 1.54) is 4.90 Å². The molecule has 1 saturated carbocycles. The first-order valence-corrected chi connectivity index (χ1v) is 5.54. The number of hydrogen-bond acceptors (Lipinski definition) is 2. The van der Waals surface area contributed by atoms with Crippen LogP contribution >= 0.6 is 23.2 Å². The summed E-state index contributed by atoms with van der Waals surface area (Å²) in [6, 6.07) is 0. The van der Waals surface area contributed by atoms with Crippen LogP contribution in [0.3, 0.4) is 0 Å². The number of nitrogens with zero attached hydrogens (tertiary/aromatic N) is 1. The molecule has 2 aliphatic rings. The van der Waals surface area contributed by atoms with Crippen LogP contribution in [0.15, 0.2) is 0 Å². The van der Waals surface area contributed by atoms with Gasteiger partial charge in [-0.2, -0.15) is 0 Å². The molecule has 0 aromatic heterocycles. The summed E-state index contributed by atoms with van der Waals surface area (Å²) in [6.45, 7) is 0.813. The highest BCUT2D eigenvalue weighted by Gasteiger charge is 2.64. The minimum atomic E-state index is -1.29. The van der Waals surface area contributed by atoms with Crippen molar-refractivity contribution in [3.63, 3.8) is 0 Å². The van der Waals surface area contributed by atoms with Gasteiger partial charge < -0.3 is 10.0 Å². The lowest BCUT2D eigenvalue weighted by Gasteiger charge is -2.53. The molecule has 0 atom stereocenters. The number of amides is 1. The molecule has 0 unspecified atom stereocenters. The number of hydrogen-bond donors (Lipinski definition) is 1. The zero-order valence-electron chi connectivity index (χ0n) is 8.00. The molecule has 1 saturated heterocycles. The third kappa shape index (κ3) is 1.42. The van der Waals surface area contributed by atoms with Crippen LogP contribution in [0.2, 0.25) is 0 Å². The fourth-order valence-electron chi connectivity index (χ4n) is 2.34. The van der Waals surface area contributed by atoms with E-state index >= 15 is 0 Å². The molecular formula is C9H11Cl2NO3. The van der Waals surface area contributed by atoms with Crippen LogP contribution in [-0.2, 0) is 4.79 Å². The average molecular weight is 252 g/mol. The molecule has 2 fully saturated rings. The lowest BCUT2D eigenvalue weighted by Crippen LogP contribution is -2.62. The molecule has 4 nitrogen and oxygen atoms in total. The summed E-state index contributed by atoms with van der Waals surface area (Å²) in [5.74, 6) is -0.144. The highest BCUT2D eigenvalue weighted by molar-refractivity contribution is 6.61. The van der Waals surface area contributed by atoms with Gasteiger partial charge in [0, 0.05) is 24.9 Å². The molecule has 1 heterocycles. The highest BCUT2D eigenvalue weighted by Crippen LogP contribution is 2.59. The summed E-state index contributed by atoms with van der Waals surface area (Å²) < 4.78 is -1.29. The number of carbonyl (C=O) groups is 2. The van der Waals surface area contributed by atoms with Crippen LogP contribution in [0.5, 0.6) is 0 Å². The van der Waals surface area contributed by atoms with Gasteiger partial charge in [0.15, 0.2) is 10.1 Å². The van der Waals surface area contributed by atoms with Crippen molar-refractivity contribution in [1.29, 1.82) is 0 Å². The first-order valence-electron chi connectivity index (χ1n) is 4.78. The molecule has 6 heteroatoms. The summed E-state index contributed by atoms with van der Waals surface area (Å²) >= 11 is 11.9. The summed E-state index contributed by atoms with van der Waals surface area (Å²) in [6.07, 6.45) is 0.592. The molecule has 0 aromatic carbocycles. The van der Waals surface area contributed by atoms with Gasteiger partial charge >= 0.3 is 6.09 Å². The second-order valence-electron chi connectivity index (χ2n) is 4.22. The van der Waals surface area contributed by atoms with Gasteiger partial charge in [-0.3, -0.25) is 4.79 Å². The lowest BCUT2D eigenvalue weighted by molar-refractivity contribution is -0.137. The van der Waals surface area contributed by atoms with E-state index in [0.29, 0.717) is 32.4 Å². The molecule has 1 spiro atoms. The minimum Gasteiger partial charge on any atom is -0.465 e. The molecule has 1 aliphatic heterocycles. The molecule has 1 aliphatic carbocycles. The van der Waals surface area contributed by atoms with Crippen LogP contribution in [0.25, 0.3) is 0 Å². The van der Waals surface area contributed by atoms with E-state index < -0.39 is 10.4 Å². The lowest BCUT2D eigenvalue weighted by atomic mass is 9.61. The Kier molecular flexibility index (Phi) is 2.39. The van der Waals surface area contributed by atoms with E-state index in [1.54, 1.807) is 0 Å². The fraction of sp³-hybridized carbons (Fsp3) is 0.778. The van der Waals surface area contributed by atoms with E-state index in [0.717, 1.165) is 0 Å². The average Bonchev–Trinajstić information content (AvgIpc) is 2.18. The number of alkyl halides is 2. The molecular weight excluding hydrogens is 241 g/mol. The minimum absolute atomic E-state index is 0.144.